The lowest BCUT2D eigenvalue weighted by atomic mass is 10.1. The van der Waals surface area contributed by atoms with E-state index < -0.39 is 11.7 Å². The minimum Gasteiger partial charge on any atom is -0.351 e. The average molecular weight is 552 g/mol. The molecular formula is C25H29ClF3N7S. The van der Waals surface area contributed by atoms with Gasteiger partial charge in [-0.1, -0.05) is 29.6 Å². The second-order valence-corrected chi connectivity index (χ2v) is 10.7. The van der Waals surface area contributed by atoms with Gasteiger partial charge >= 0.3 is 6.18 Å². The standard InChI is InChI=1S/C25H29ClF3N7S/c1-16-31-21(15-36(16)22-5-4-17(12-20(22)26)14-34-8-3-9-34)23-19(25(27,28)29)13-30-24(33-23)32-18-6-10-35(37-2)11-7-18/h4-5,12-13,15,18H,3,6-11,14H2,1-2H3,(H,30,32,33). The Hall–Kier alpha value is -2.34. The van der Waals surface area contributed by atoms with E-state index in [0.29, 0.717) is 16.5 Å². The summed E-state index contributed by atoms with van der Waals surface area (Å²) in [5, 5.41) is 3.74. The van der Waals surface area contributed by atoms with E-state index in [4.69, 9.17) is 11.6 Å². The van der Waals surface area contributed by atoms with Gasteiger partial charge < -0.3 is 9.88 Å². The van der Waals surface area contributed by atoms with Crippen LogP contribution in [0, 0.1) is 6.92 Å². The molecule has 1 aromatic carbocycles. The third kappa shape index (κ3) is 5.89. The first-order valence-electron chi connectivity index (χ1n) is 12.3. The monoisotopic (exact) mass is 551 g/mol. The molecule has 2 aliphatic rings. The van der Waals surface area contributed by atoms with Gasteiger partial charge in [0.1, 0.15) is 22.8 Å². The Bertz CT molecular complexity index is 1250. The number of anilines is 1. The number of hydrogen-bond donors (Lipinski definition) is 1. The molecule has 3 aromatic rings. The normalized spacial score (nSPS) is 17.7. The predicted octanol–water partition coefficient (Wildman–Crippen LogP) is 5.67. The molecular weight excluding hydrogens is 523 g/mol. The van der Waals surface area contributed by atoms with Gasteiger partial charge in [0.05, 0.1) is 10.7 Å². The molecule has 12 heteroatoms. The molecule has 0 spiro atoms. The molecule has 0 amide bonds. The van der Waals surface area contributed by atoms with Crippen molar-refractivity contribution in [3.05, 3.63) is 52.6 Å². The maximum atomic E-state index is 13.9. The Labute approximate surface area is 223 Å². The Morgan fingerprint density at radius 2 is 1.89 bits per heavy atom. The number of nitrogens with one attached hydrogen (secondary N) is 1. The molecule has 0 atom stereocenters. The van der Waals surface area contributed by atoms with Crippen LogP contribution < -0.4 is 5.32 Å². The van der Waals surface area contributed by atoms with E-state index in [9.17, 15) is 13.2 Å². The summed E-state index contributed by atoms with van der Waals surface area (Å²) >= 11 is 8.30. The van der Waals surface area contributed by atoms with Crippen LogP contribution in [0.4, 0.5) is 19.1 Å². The van der Waals surface area contributed by atoms with E-state index >= 15 is 0 Å². The van der Waals surface area contributed by atoms with Gasteiger partial charge in [-0.25, -0.2) is 15.0 Å². The molecule has 0 aliphatic carbocycles. The van der Waals surface area contributed by atoms with E-state index in [0.717, 1.165) is 57.3 Å². The van der Waals surface area contributed by atoms with E-state index in [-0.39, 0.29) is 23.4 Å². The topological polar surface area (TPSA) is 62.1 Å². The Kier molecular flexibility index (Phi) is 7.67. The minimum absolute atomic E-state index is 0.0980. The molecule has 0 unspecified atom stereocenters. The molecule has 0 bridgehead atoms. The second-order valence-electron chi connectivity index (χ2n) is 9.44. The van der Waals surface area contributed by atoms with E-state index in [1.54, 1.807) is 29.6 Å². The number of aromatic nitrogens is 4. The van der Waals surface area contributed by atoms with Crippen molar-refractivity contribution in [2.75, 3.05) is 37.8 Å². The highest BCUT2D eigenvalue weighted by atomic mass is 35.5. The van der Waals surface area contributed by atoms with E-state index in [1.165, 1.54) is 6.42 Å². The molecule has 7 nitrogen and oxygen atoms in total. The van der Waals surface area contributed by atoms with E-state index in [1.807, 2.05) is 24.5 Å². The number of likely N-dealkylation sites (tertiary alicyclic amines) is 1. The third-order valence-electron chi connectivity index (χ3n) is 6.89. The lowest BCUT2D eigenvalue weighted by Gasteiger charge is -2.30. The van der Waals surface area contributed by atoms with Gasteiger partial charge in [-0.15, -0.1) is 0 Å². The van der Waals surface area contributed by atoms with Crippen molar-refractivity contribution in [3.63, 3.8) is 0 Å². The molecule has 0 saturated carbocycles. The van der Waals surface area contributed by atoms with Gasteiger partial charge in [-0.2, -0.15) is 13.2 Å². The molecule has 0 radical (unpaired) electrons. The highest BCUT2D eigenvalue weighted by molar-refractivity contribution is 7.96. The number of imidazole rings is 1. The van der Waals surface area contributed by atoms with Crippen LogP contribution >= 0.6 is 23.5 Å². The van der Waals surface area contributed by atoms with Crippen molar-refractivity contribution >= 4 is 29.5 Å². The number of alkyl halides is 3. The predicted molar refractivity (Wildman–Crippen MR) is 141 cm³/mol. The van der Waals surface area contributed by atoms with Crippen LogP contribution in [-0.4, -0.2) is 67.2 Å². The van der Waals surface area contributed by atoms with Gasteiger partial charge in [0.25, 0.3) is 0 Å². The Morgan fingerprint density at radius 1 is 1.14 bits per heavy atom. The minimum atomic E-state index is -4.62. The molecule has 1 N–H and O–H groups in total. The van der Waals surface area contributed by atoms with Crippen molar-refractivity contribution in [1.82, 2.24) is 28.7 Å². The molecule has 5 rings (SSSR count). The SMILES string of the molecule is CSN1CCC(Nc2ncc(C(F)(F)F)c(-c3cn(-c4ccc(CN5CCC5)cc4Cl)c(C)n3)n2)CC1. The Morgan fingerprint density at radius 3 is 2.51 bits per heavy atom. The summed E-state index contributed by atoms with van der Waals surface area (Å²) in [6.07, 6.45) is 2.75. The molecule has 4 heterocycles. The molecule has 37 heavy (non-hydrogen) atoms. The lowest BCUT2D eigenvalue weighted by Crippen LogP contribution is -2.36. The molecule has 2 fully saturated rings. The smallest absolute Gasteiger partial charge is 0.351 e. The van der Waals surface area contributed by atoms with Gasteiger partial charge in [-0.05, 0) is 63.2 Å². The van der Waals surface area contributed by atoms with Gasteiger partial charge in [0, 0.05) is 38.1 Å². The van der Waals surface area contributed by atoms with Crippen LogP contribution in [0.1, 0.15) is 36.2 Å². The van der Waals surface area contributed by atoms with Gasteiger partial charge in [0.2, 0.25) is 5.95 Å². The molecule has 2 aliphatic heterocycles. The molecule has 198 valence electrons. The fraction of sp³-hybridized carbons (Fsp3) is 0.480. The van der Waals surface area contributed by atoms with Crippen LogP contribution in [0.2, 0.25) is 5.02 Å². The maximum absolute atomic E-state index is 13.9. The zero-order valence-electron chi connectivity index (χ0n) is 20.7. The summed E-state index contributed by atoms with van der Waals surface area (Å²) in [5.41, 5.74) is 0.704. The maximum Gasteiger partial charge on any atom is 0.420 e. The van der Waals surface area contributed by atoms with Crippen LogP contribution in [-0.2, 0) is 12.7 Å². The van der Waals surface area contributed by atoms with Crippen LogP contribution in [0.3, 0.4) is 0 Å². The summed E-state index contributed by atoms with van der Waals surface area (Å²) in [7, 11) is 0. The fourth-order valence-corrected chi connectivity index (χ4v) is 5.56. The first-order chi connectivity index (χ1) is 17.7. The zero-order chi connectivity index (χ0) is 26.2. The highest BCUT2D eigenvalue weighted by Crippen LogP contribution is 2.37. The number of hydrogen-bond acceptors (Lipinski definition) is 7. The summed E-state index contributed by atoms with van der Waals surface area (Å²) in [6, 6.07) is 5.88. The van der Waals surface area contributed by atoms with Gasteiger partial charge in [-0.3, -0.25) is 9.21 Å². The second kappa shape index (κ2) is 10.8. The third-order valence-corrected chi connectivity index (χ3v) is 8.08. The average Bonchev–Trinajstić information content (AvgIpc) is 3.22. The van der Waals surface area contributed by atoms with Gasteiger partial charge in [0.15, 0.2) is 0 Å². The van der Waals surface area contributed by atoms with Crippen molar-refractivity contribution in [2.24, 2.45) is 0 Å². The Balaban J connectivity index is 1.43. The molecule has 2 saturated heterocycles. The first kappa shape index (κ1) is 26.3. The number of halogens is 4. The number of aryl methyl sites for hydroxylation is 1. The van der Waals surface area contributed by atoms with Crippen molar-refractivity contribution < 1.29 is 13.2 Å². The highest BCUT2D eigenvalue weighted by Gasteiger charge is 2.36. The largest absolute Gasteiger partial charge is 0.420 e. The fourth-order valence-electron chi connectivity index (χ4n) is 4.69. The zero-order valence-corrected chi connectivity index (χ0v) is 22.3. The van der Waals surface area contributed by atoms with Crippen molar-refractivity contribution in [1.29, 1.82) is 0 Å². The van der Waals surface area contributed by atoms with Crippen LogP contribution in [0.15, 0.2) is 30.6 Å². The number of piperidine rings is 1. The van der Waals surface area contributed by atoms with E-state index in [2.05, 4.69) is 29.5 Å². The number of rotatable bonds is 7. The summed E-state index contributed by atoms with van der Waals surface area (Å²) in [4.78, 5) is 15.1. The lowest BCUT2D eigenvalue weighted by molar-refractivity contribution is -0.137. The van der Waals surface area contributed by atoms with Crippen LogP contribution in [0.25, 0.3) is 17.1 Å². The summed E-state index contributed by atoms with van der Waals surface area (Å²) in [6.45, 7) is 6.52. The van der Waals surface area contributed by atoms with Crippen LogP contribution in [0.5, 0.6) is 0 Å². The quantitative estimate of drug-likeness (QED) is 0.380. The van der Waals surface area contributed by atoms with Crippen molar-refractivity contribution in [2.45, 2.75) is 44.9 Å². The summed E-state index contributed by atoms with van der Waals surface area (Å²) in [5.74, 6) is 0.685. The first-order valence-corrected chi connectivity index (χ1v) is 13.8. The summed E-state index contributed by atoms with van der Waals surface area (Å²) < 4.78 is 45.7. The molecule has 2 aromatic heterocycles. The number of nitrogens with zero attached hydrogens (tertiary/aromatic N) is 6. The van der Waals surface area contributed by atoms with Crippen molar-refractivity contribution in [3.8, 4) is 17.1 Å². The number of benzene rings is 1.